The molecule has 4 aromatic rings. The number of nitrogens with zero attached hydrogens (tertiary/aromatic N) is 2. The van der Waals surface area contributed by atoms with Crippen molar-refractivity contribution in [1.82, 2.24) is 9.55 Å². The van der Waals surface area contributed by atoms with Crippen molar-refractivity contribution in [3.63, 3.8) is 0 Å². The van der Waals surface area contributed by atoms with E-state index in [4.69, 9.17) is 9.47 Å². The van der Waals surface area contributed by atoms with Gasteiger partial charge in [0.05, 0.1) is 23.2 Å². The summed E-state index contributed by atoms with van der Waals surface area (Å²) in [6.45, 7) is 2.03. The summed E-state index contributed by atoms with van der Waals surface area (Å²) in [6.07, 6.45) is 0. The van der Waals surface area contributed by atoms with E-state index in [1.165, 1.54) is 34.5 Å². The van der Waals surface area contributed by atoms with E-state index < -0.39 is 11.6 Å². The number of rotatable bonds is 4. The minimum atomic E-state index is -0.411. The van der Waals surface area contributed by atoms with E-state index in [-0.39, 0.29) is 19.0 Å². The van der Waals surface area contributed by atoms with Crippen LogP contribution in [0.5, 0.6) is 5.75 Å². The largest absolute Gasteiger partial charge is 0.467 e. The summed E-state index contributed by atoms with van der Waals surface area (Å²) in [4.78, 5) is 18.0. The van der Waals surface area contributed by atoms with Crippen molar-refractivity contribution < 1.29 is 18.3 Å². The van der Waals surface area contributed by atoms with Gasteiger partial charge in [-0.25, -0.2) is 13.8 Å². The van der Waals surface area contributed by atoms with Crippen LogP contribution in [0.1, 0.15) is 16.7 Å². The van der Waals surface area contributed by atoms with Crippen LogP contribution in [0.15, 0.2) is 64.5 Å². The molecule has 1 aromatic heterocycles. The molecule has 0 radical (unpaired) electrons. The monoisotopic (exact) mass is 452 g/mol. The molecule has 0 atom stereocenters. The first-order valence-electron chi connectivity index (χ1n) is 9.94. The van der Waals surface area contributed by atoms with Crippen LogP contribution in [0, 0.1) is 18.6 Å². The number of aryl methyl sites for hydroxylation is 1. The van der Waals surface area contributed by atoms with Crippen LogP contribution >= 0.6 is 11.8 Å². The lowest BCUT2D eigenvalue weighted by atomic mass is 10.1. The van der Waals surface area contributed by atoms with Gasteiger partial charge >= 0.3 is 0 Å². The Labute approximate surface area is 186 Å². The number of hydrogen-bond donors (Lipinski definition) is 0. The highest BCUT2D eigenvalue weighted by Gasteiger charge is 2.19. The average molecular weight is 452 g/mol. The molecule has 1 aliphatic rings. The Hall–Kier alpha value is -3.23. The fourth-order valence-corrected chi connectivity index (χ4v) is 4.64. The van der Waals surface area contributed by atoms with Crippen molar-refractivity contribution in [2.75, 3.05) is 6.79 Å². The molecule has 1 aliphatic heterocycles. The number of hydrogen-bond acceptors (Lipinski definition) is 5. The maximum absolute atomic E-state index is 14.3. The molecule has 32 heavy (non-hydrogen) atoms. The predicted molar refractivity (Wildman–Crippen MR) is 118 cm³/mol. The van der Waals surface area contributed by atoms with Gasteiger partial charge in [0.25, 0.3) is 5.56 Å². The standard InChI is InChI=1S/C24H18F2N2O3S/c1-14-6-7-18(10-20(14)26)28-23(29)19-4-2-3-5-21(19)27-24(28)32-12-16-9-17(25)8-15-11-30-13-31-22(15)16/h2-10H,11-13H2,1H3. The second-order valence-corrected chi connectivity index (χ2v) is 8.38. The normalized spacial score (nSPS) is 13.1. The number of fused-ring (bicyclic) bond motifs is 2. The second kappa shape index (κ2) is 8.37. The zero-order valence-corrected chi connectivity index (χ0v) is 17.9. The van der Waals surface area contributed by atoms with Crippen LogP contribution in [-0.4, -0.2) is 16.3 Å². The fourth-order valence-electron chi connectivity index (χ4n) is 3.66. The lowest BCUT2D eigenvalue weighted by Crippen LogP contribution is -2.22. The molecular formula is C24H18F2N2O3S. The molecule has 162 valence electrons. The van der Waals surface area contributed by atoms with E-state index in [0.717, 1.165) is 0 Å². The number of thioether (sulfide) groups is 1. The summed E-state index contributed by atoms with van der Waals surface area (Å²) >= 11 is 1.26. The molecule has 0 saturated carbocycles. The Morgan fingerprint density at radius 3 is 2.81 bits per heavy atom. The van der Waals surface area contributed by atoms with Crippen molar-refractivity contribution in [3.05, 3.63) is 93.3 Å². The number of halogens is 2. The van der Waals surface area contributed by atoms with E-state index >= 15 is 0 Å². The molecule has 0 spiro atoms. The predicted octanol–water partition coefficient (Wildman–Crippen LogP) is 5.13. The zero-order chi connectivity index (χ0) is 22.2. The van der Waals surface area contributed by atoms with Crippen LogP contribution in [0.2, 0.25) is 0 Å². The fraction of sp³-hybridized carbons (Fsp3) is 0.167. The Balaban J connectivity index is 1.62. The van der Waals surface area contributed by atoms with Crippen molar-refractivity contribution in [3.8, 4) is 11.4 Å². The van der Waals surface area contributed by atoms with Gasteiger partial charge in [-0.3, -0.25) is 9.36 Å². The Kier molecular flexibility index (Phi) is 5.40. The lowest BCUT2D eigenvalue weighted by Gasteiger charge is -2.21. The Morgan fingerprint density at radius 1 is 1.12 bits per heavy atom. The van der Waals surface area contributed by atoms with Gasteiger partial charge in [-0.15, -0.1) is 0 Å². The molecule has 0 aliphatic carbocycles. The molecule has 2 heterocycles. The van der Waals surface area contributed by atoms with Crippen LogP contribution in [-0.2, 0) is 17.1 Å². The van der Waals surface area contributed by atoms with Crippen molar-refractivity contribution in [2.45, 2.75) is 24.4 Å². The molecule has 0 bridgehead atoms. The van der Waals surface area contributed by atoms with Crippen LogP contribution in [0.4, 0.5) is 8.78 Å². The lowest BCUT2D eigenvalue weighted by molar-refractivity contribution is -0.0171. The first kappa shape index (κ1) is 20.7. The van der Waals surface area contributed by atoms with Gasteiger partial charge < -0.3 is 9.47 Å². The van der Waals surface area contributed by atoms with Crippen LogP contribution < -0.4 is 10.3 Å². The SMILES string of the molecule is Cc1ccc(-n2c(SCc3cc(F)cc4c3OCOC4)nc3ccccc3c2=O)cc1F. The minimum Gasteiger partial charge on any atom is -0.467 e. The van der Waals surface area contributed by atoms with E-state index in [0.29, 0.717) is 49.9 Å². The molecule has 0 saturated heterocycles. The van der Waals surface area contributed by atoms with Gasteiger partial charge in [0.15, 0.2) is 11.9 Å². The summed E-state index contributed by atoms with van der Waals surface area (Å²) < 4.78 is 40.7. The number of aromatic nitrogens is 2. The van der Waals surface area contributed by atoms with Gasteiger partial charge in [0.2, 0.25) is 0 Å². The molecule has 0 N–H and O–H groups in total. The van der Waals surface area contributed by atoms with Gasteiger partial charge in [-0.05, 0) is 48.9 Å². The smallest absolute Gasteiger partial charge is 0.266 e. The quantitative estimate of drug-likeness (QED) is 0.317. The third-order valence-electron chi connectivity index (χ3n) is 5.27. The molecule has 0 unspecified atom stereocenters. The molecule has 3 aromatic carbocycles. The highest BCUT2D eigenvalue weighted by molar-refractivity contribution is 7.98. The summed E-state index contributed by atoms with van der Waals surface area (Å²) in [5, 5.41) is 0.809. The maximum atomic E-state index is 14.3. The summed E-state index contributed by atoms with van der Waals surface area (Å²) in [7, 11) is 0. The maximum Gasteiger partial charge on any atom is 0.266 e. The van der Waals surface area contributed by atoms with Crippen molar-refractivity contribution in [2.24, 2.45) is 0 Å². The summed E-state index contributed by atoms with van der Waals surface area (Å²) in [5.41, 5.74) is 2.37. The van der Waals surface area contributed by atoms with Gasteiger partial charge in [-0.1, -0.05) is 30.0 Å². The van der Waals surface area contributed by atoms with Crippen LogP contribution in [0.25, 0.3) is 16.6 Å². The number of benzene rings is 3. The van der Waals surface area contributed by atoms with E-state index in [9.17, 15) is 13.6 Å². The number of ether oxygens (including phenoxy) is 2. The van der Waals surface area contributed by atoms with E-state index in [1.54, 1.807) is 43.3 Å². The molecule has 5 rings (SSSR count). The topological polar surface area (TPSA) is 53.4 Å². The number of para-hydroxylation sites is 1. The summed E-state index contributed by atoms with van der Waals surface area (Å²) in [5.74, 6) is 0.0874. The van der Waals surface area contributed by atoms with E-state index in [1.807, 2.05) is 0 Å². The molecule has 0 fully saturated rings. The Morgan fingerprint density at radius 2 is 1.97 bits per heavy atom. The molecule has 0 amide bonds. The second-order valence-electron chi connectivity index (χ2n) is 7.44. The van der Waals surface area contributed by atoms with E-state index in [2.05, 4.69) is 4.98 Å². The summed E-state index contributed by atoms with van der Waals surface area (Å²) in [6, 6.07) is 14.4. The Bertz CT molecular complexity index is 1400. The van der Waals surface area contributed by atoms with Gasteiger partial charge in [0, 0.05) is 16.9 Å². The van der Waals surface area contributed by atoms with Crippen molar-refractivity contribution >= 4 is 22.7 Å². The molecule has 8 heteroatoms. The highest BCUT2D eigenvalue weighted by atomic mass is 32.2. The minimum absolute atomic E-state index is 0.0951. The molecular weight excluding hydrogens is 434 g/mol. The first-order valence-corrected chi connectivity index (χ1v) is 10.9. The van der Waals surface area contributed by atoms with Gasteiger partial charge in [0.1, 0.15) is 17.4 Å². The zero-order valence-electron chi connectivity index (χ0n) is 17.1. The van der Waals surface area contributed by atoms with Crippen molar-refractivity contribution in [1.29, 1.82) is 0 Å². The molecule has 5 nitrogen and oxygen atoms in total. The third-order valence-corrected chi connectivity index (χ3v) is 6.25. The highest BCUT2D eigenvalue weighted by Crippen LogP contribution is 2.34. The van der Waals surface area contributed by atoms with Crippen LogP contribution in [0.3, 0.4) is 0 Å². The average Bonchev–Trinajstić information content (AvgIpc) is 2.79. The first-order chi connectivity index (χ1) is 15.5. The van der Waals surface area contributed by atoms with Gasteiger partial charge in [-0.2, -0.15) is 0 Å². The third kappa shape index (κ3) is 3.76.